The number of amides is 1. The number of carbonyl (C=O) groups excluding carboxylic acids is 1. The van der Waals surface area contributed by atoms with E-state index in [0.29, 0.717) is 25.1 Å². The van der Waals surface area contributed by atoms with E-state index in [9.17, 15) is 24.9 Å². The van der Waals surface area contributed by atoms with Gasteiger partial charge in [0, 0.05) is 26.2 Å². The van der Waals surface area contributed by atoms with Crippen LogP contribution in [0.5, 0.6) is 11.5 Å². The molecule has 0 radical (unpaired) electrons. The largest absolute Gasteiger partial charge is 0.504 e. The number of piperazine rings is 1. The van der Waals surface area contributed by atoms with Gasteiger partial charge in [-0.15, -0.1) is 0 Å². The molecule has 5 rings (SSSR count). The predicted octanol–water partition coefficient (Wildman–Crippen LogP) is 4.01. The van der Waals surface area contributed by atoms with Crippen LogP contribution in [-0.2, 0) is 21.4 Å². The van der Waals surface area contributed by atoms with Gasteiger partial charge in [0.1, 0.15) is 5.41 Å². The number of phenolic OH excluding ortho intramolecular Hbond substituents is 2. The van der Waals surface area contributed by atoms with Crippen molar-refractivity contribution >= 4 is 11.9 Å². The number of benzene rings is 3. The number of phenols is 2. The van der Waals surface area contributed by atoms with E-state index >= 15 is 0 Å². The summed E-state index contributed by atoms with van der Waals surface area (Å²) in [6.45, 7) is 3.71. The van der Waals surface area contributed by atoms with Gasteiger partial charge in [0.05, 0.1) is 6.42 Å². The first-order valence-corrected chi connectivity index (χ1v) is 12.8. The molecule has 7 heteroatoms. The molecule has 1 aliphatic carbocycles. The Kier molecular flexibility index (Phi) is 6.89. The Hall–Kier alpha value is -3.84. The van der Waals surface area contributed by atoms with Crippen LogP contribution in [0.2, 0.25) is 0 Å². The highest BCUT2D eigenvalue weighted by Gasteiger charge is 2.48. The molecule has 7 nitrogen and oxygen atoms in total. The summed E-state index contributed by atoms with van der Waals surface area (Å²) in [4.78, 5) is 29.6. The fraction of sp³-hybridized carbons (Fsp3) is 0.333. The zero-order chi connectivity index (χ0) is 26.0. The van der Waals surface area contributed by atoms with Crippen LogP contribution < -0.4 is 0 Å². The lowest BCUT2D eigenvalue weighted by Gasteiger charge is -2.35. The summed E-state index contributed by atoms with van der Waals surface area (Å²) in [6, 6.07) is 20.2. The lowest BCUT2D eigenvalue weighted by Crippen LogP contribution is -2.49. The van der Waals surface area contributed by atoms with Gasteiger partial charge in [-0.1, -0.05) is 61.0 Å². The van der Waals surface area contributed by atoms with Gasteiger partial charge in [-0.25, -0.2) is 0 Å². The molecule has 1 saturated heterocycles. The Labute approximate surface area is 216 Å². The summed E-state index contributed by atoms with van der Waals surface area (Å²) in [5, 5.41) is 29.6. The molecule has 3 aromatic carbocycles. The zero-order valence-electron chi connectivity index (χ0n) is 20.8. The molecule has 2 aliphatic rings. The van der Waals surface area contributed by atoms with Gasteiger partial charge < -0.3 is 20.2 Å². The average Bonchev–Trinajstić information content (AvgIpc) is 3.20. The van der Waals surface area contributed by atoms with Crippen molar-refractivity contribution in [2.45, 2.75) is 31.1 Å². The number of hydrogen-bond donors (Lipinski definition) is 3. The third-order valence-corrected chi connectivity index (χ3v) is 7.83. The van der Waals surface area contributed by atoms with Crippen LogP contribution in [0.3, 0.4) is 0 Å². The molecule has 1 heterocycles. The van der Waals surface area contributed by atoms with Crippen LogP contribution in [0.4, 0.5) is 0 Å². The molecule has 0 atom stereocenters. The van der Waals surface area contributed by atoms with E-state index in [1.807, 2.05) is 53.4 Å². The van der Waals surface area contributed by atoms with E-state index < -0.39 is 11.4 Å². The van der Waals surface area contributed by atoms with Crippen LogP contribution in [0, 0.1) is 0 Å². The summed E-state index contributed by atoms with van der Waals surface area (Å²) in [5.74, 6) is -1.20. The number of aromatic hydroxyl groups is 2. The third kappa shape index (κ3) is 4.67. The fourth-order valence-corrected chi connectivity index (χ4v) is 5.84. The number of aliphatic carboxylic acids is 1. The maximum atomic E-state index is 12.7. The summed E-state index contributed by atoms with van der Waals surface area (Å²) >= 11 is 0. The average molecular weight is 501 g/mol. The van der Waals surface area contributed by atoms with Crippen molar-refractivity contribution in [3.8, 4) is 22.6 Å². The zero-order valence-corrected chi connectivity index (χ0v) is 20.8. The lowest BCUT2D eigenvalue weighted by molar-refractivity contribution is -0.142. The first-order chi connectivity index (χ1) is 17.9. The smallest absolute Gasteiger partial charge is 0.318 e. The number of fused-ring (bicyclic) bond motifs is 3. The highest BCUT2D eigenvalue weighted by Crippen LogP contribution is 2.51. The molecule has 1 aliphatic heterocycles. The number of rotatable bonds is 8. The Morgan fingerprint density at radius 2 is 1.41 bits per heavy atom. The quantitative estimate of drug-likeness (QED) is 0.319. The summed E-state index contributed by atoms with van der Waals surface area (Å²) in [6.07, 6.45) is 2.42. The lowest BCUT2D eigenvalue weighted by atomic mass is 9.74. The number of carboxylic acid groups (broad SMARTS) is 1. The van der Waals surface area contributed by atoms with Gasteiger partial charge >= 0.3 is 5.97 Å². The molecule has 0 saturated carbocycles. The van der Waals surface area contributed by atoms with Crippen molar-refractivity contribution in [2.75, 3.05) is 32.7 Å². The topological polar surface area (TPSA) is 101 Å². The molecule has 0 aromatic heterocycles. The first-order valence-electron chi connectivity index (χ1n) is 12.8. The van der Waals surface area contributed by atoms with Crippen molar-refractivity contribution in [3.63, 3.8) is 0 Å². The third-order valence-electron chi connectivity index (χ3n) is 7.83. The van der Waals surface area contributed by atoms with E-state index in [2.05, 4.69) is 4.90 Å². The van der Waals surface area contributed by atoms with E-state index in [1.54, 1.807) is 6.07 Å². The Morgan fingerprint density at radius 3 is 2.00 bits per heavy atom. The molecule has 1 amide bonds. The number of unbranched alkanes of at least 4 members (excludes halogenated alkanes) is 1. The van der Waals surface area contributed by atoms with Crippen molar-refractivity contribution in [1.29, 1.82) is 0 Å². The normalized spacial score (nSPS) is 16.3. The van der Waals surface area contributed by atoms with Gasteiger partial charge in [0.2, 0.25) is 5.91 Å². The van der Waals surface area contributed by atoms with E-state index in [0.717, 1.165) is 54.7 Å². The first kappa shape index (κ1) is 24.8. The van der Waals surface area contributed by atoms with Crippen molar-refractivity contribution < 1.29 is 24.9 Å². The fourth-order valence-electron chi connectivity index (χ4n) is 5.84. The van der Waals surface area contributed by atoms with Gasteiger partial charge in [-0.05, 0) is 59.3 Å². The highest BCUT2D eigenvalue weighted by molar-refractivity contribution is 5.97. The van der Waals surface area contributed by atoms with Gasteiger partial charge in [0.25, 0.3) is 0 Å². The summed E-state index contributed by atoms with van der Waals surface area (Å²) in [7, 11) is 0. The van der Waals surface area contributed by atoms with Gasteiger partial charge in [-0.3, -0.25) is 14.5 Å². The van der Waals surface area contributed by atoms with Gasteiger partial charge in [-0.2, -0.15) is 0 Å². The standard InChI is InChI=1S/C30H32N2O5/c33-26-12-11-21(19-27(26)34)20-28(35)32-17-15-31(16-18-32)14-6-5-13-30(29(36)37)24-9-3-1-7-22(24)23-8-2-4-10-25(23)30/h1-4,7-12,19,33-34H,5-6,13-18,20H2,(H,36,37). The Balaban J connectivity index is 1.15. The number of carboxylic acids is 1. The number of hydrogen-bond acceptors (Lipinski definition) is 5. The van der Waals surface area contributed by atoms with E-state index in [4.69, 9.17) is 0 Å². The maximum Gasteiger partial charge on any atom is 0.318 e. The van der Waals surface area contributed by atoms with Crippen LogP contribution >= 0.6 is 0 Å². The van der Waals surface area contributed by atoms with Crippen molar-refractivity contribution in [1.82, 2.24) is 9.80 Å². The molecule has 3 N–H and O–H groups in total. The minimum absolute atomic E-state index is 0.00621. The monoisotopic (exact) mass is 500 g/mol. The minimum Gasteiger partial charge on any atom is -0.504 e. The van der Waals surface area contributed by atoms with Crippen LogP contribution in [0.15, 0.2) is 66.7 Å². The SMILES string of the molecule is O=C(Cc1ccc(O)c(O)c1)N1CCN(CCCCC2(C(=O)O)c3ccccc3-c3ccccc32)CC1. The van der Waals surface area contributed by atoms with Crippen molar-refractivity contribution in [2.24, 2.45) is 0 Å². The maximum absolute atomic E-state index is 12.7. The second-order valence-electron chi connectivity index (χ2n) is 9.98. The Morgan fingerprint density at radius 1 is 0.784 bits per heavy atom. The summed E-state index contributed by atoms with van der Waals surface area (Å²) < 4.78 is 0. The highest BCUT2D eigenvalue weighted by atomic mass is 16.4. The Bertz CT molecular complexity index is 1270. The predicted molar refractivity (Wildman–Crippen MR) is 141 cm³/mol. The molecule has 0 unspecified atom stereocenters. The molecular formula is C30H32N2O5. The molecule has 0 bridgehead atoms. The molecule has 0 spiro atoms. The number of nitrogens with zero attached hydrogens (tertiary/aromatic N) is 2. The number of carbonyl (C=O) groups is 2. The minimum atomic E-state index is -1.01. The van der Waals surface area contributed by atoms with Gasteiger partial charge in [0.15, 0.2) is 11.5 Å². The molecular weight excluding hydrogens is 468 g/mol. The molecule has 1 fully saturated rings. The second kappa shape index (κ2) is 10.3. The molecule has 192 valence electrons. The van der Waals surface area contributed by atoms with Crippen LogP contribution in [0.1, 0.15) is 36.0 Å². The second-order valence-corrected chi connectivity index (χ2v) is 9.98. The van der Waals surface area contributed by atoms with Crippen LogP contribution in [-0.4, -0.2) is 69.7 Å². The summed E-state index contributed by atoms with van der Waals surface area (Å²) in [5.41, 5.74) is 3.47. The van der Waals surface area contributed by atoms with E-state index in [1.165, 1.54) is 12.1 Å². The van der Waals surface area contributed by atoms with Crippen LogP contribution in [0.25, 0.3) is 11.1 Å². The van der Waals surface area contributed by atoms with E-state index in [-0.39, 0.29) is 23.8 Å². The van der Waals surface area contributed by atoms with Crippen molar-refractivity contribution in [3.05, 3.63) is 83.4 Å². The molecule has 3 aromatic rings. The molecule has 37 heavy (non-hydrogen) atoms.